The zero-order valence-corrected chi connectivity index (χ0v) is 12.9. The molecule has 2 unspecified atom stereocenters. The fourth-order valence-electron chi connectivity index (χ4n) is 2.51. The van der Waals surface area contributed by atoms with E-state index in [-0.39, 0.29) is 24.0 Å². The predicted octanol–water partition coefficient (Wildman–Crippen LogP) is 0.267. The van der Waals surface area contributed by atoms with E-state index in [0.717, 1.165) is 0 Å². The molecule has 1 saturated heterocycles. The number of sulfone groups is 1. The summed E-state index contributed by atoms with van der Waals surface area (Å²) in [5, 5.41) is 12.4. The normalized spacial score (nSPS) is 22.4. The number of carbonyl (C=O) groups excluding carboxylic acids is 1. The number of carbonyl (C=O) groups is 1. The maximum absolute atomic E-state index is 12.2. The van der Waals surface area contributed by atoms with Crippen LogP contribution in [-0.2, 0) is 19.4 Å². The maximum atomic E-state index is 12.2. The van der Waals surface area contributed by atoms with Crippen molar-refractivity contribution in [3.63, 3.8) is 0 Å². The van der Waals surface area contributed by atoms with Gasteiger partial charge in [-0.05, 0) is 19.3 Å². The lowest BCUT2D eigenvalue weighted by Gasteiger charge is -2.17. The number of rotatable bonds is 4. The maximum Gasteiger partial charge on any atom is 0.316 e. The van der Waals surface area contributed by atoms with E-state index in [0.29, 0.717) is 16.4 Å². The quantitative estimate of drug-likeness (QED) is 0.741. The second-order valence-corrected chi connectivity index (χ2v) is 8.11. The van der Waals surface area contributed by atoms with Crippen LogP contribution in [0.1, 0.15) is 24.3 Å². The van der Waals surface area contributed by atoms with Gasteiger partial charge in [-0.1, -0.05) is 11.3 Å². The minimum absolute atomic E-state index is 0.00335. The molecule has 1 aliphatic heterocycles. The zero-order chi connectivity index (χ0) is 15.0. The van der Waals surface area contributed by atoms with Crippen molar-refractivity contribution in [3.05, 3.63) is 11.3 Å². The third-order valence-corrected chi connectivity index (χ3v) is 6.24. The van der Waals surface area contributed by atoms with Gasteiger partial charge >= 0.3 is 5.97 Å². The van der Waals surface area contributed by atoms with Gasteiger partial charge in [0.15, 0.2) is 9.84 Å². The summed E-state index contributed by atoms with van der Waals surface area (Å²) in [6.07, 6.45) is 1.90. The molecule has 3 heterocycles. The summed E-state index contributed by atoms with van der Waals surface area (Å²) in [6, 6.07) is 0. The highest BCUT2D eigenvalue weighted by Gasteiger charge is 2.41. The largest absolute Gasteiger partial charge is 0.465 e. The van der Waals surface area contributed by atoms with Crippen LogP contribution in [0.15, 0.2) is 6.33 Å². The van der Waals surface area contributed by atoms with Crippen LogP contribution in [0, 0.1) is 5.92 Å². The monoisotopic (exact) mass is 330 g/mol. The number of hydrogen-bond acceptors (Lipinski definition) is 8. The van der Waals surface area contributed by atoms with Crippen LogP contribution >= 0.6 is 11.3 Å². The number of nitrogens with zero attached hydrogens (tertiary/aromatic N) is 4. The fourth-order valence-corrected chi connectivity index (χ4v) is 5.36. The minimum atomic E-state index is -3.08. The first-order chi connectivity index (χ1) is 10.00. The highest BCUT2D eigenvalue weighted by atomic mass is 32.2. The second-order valence-electron chi connectivity index (χ2n) is 4.89. The summed E-state index contributed by atoms with van der Waals surface area (Å²) < 4.78 is 29.9. The Balaban J connectivity index is 1.96. The van der Waals surface area contributed by atoms with Crippen LogP contribution in [-0.4, -0.2) is 52.3 Å². The third-order valence-electron chi connectivity index (χ3n) is 3.45. The summed E-state index contributed by atoms with van der Waals surface area (Å²) in [6.45, 7) is 1.97. The molecular weight excluding hydrogens is 316 g/mol. The molecule has 0 aromatic carbocycles. The summed E-state index contributed by atoms with van der Waals surface area (Å²) in [5.41, 5.74) is 0. The van der Waals surface area contributed by atoms with Crippen molar-refractivity contribution in [3.8, 4) is 0 Å². The molecule has 0 spiro atoms. The molecule has 2 aromatic rings. The average Bonchev–Trinajstić information content (AvgIpc) is 3.05. The Labute approximate surface area is 125 Å². The van der Waals surface area contributed by atoms with E-state index >= 15 is 0 Å². The van der Waals surface area contributed by atoms with Gasteiger partial charge in [0.05, 0.1) is 18.1 Å². The van der Waals surface area contributed by atoms with Crippen molar-refractivity contribution in [2.45, 2.75) is 19.3 Å². The van der Waals surface area contributed by atoms with Crippen LogP contribution in [0.25, 0.3) is 4.96 Å². The molecule has 2 aromatic heterocycles. The Morgan fingerprint density at radius 3 is 3.05 bits per heavy atom. The molecule has 114 valence electrons. The van der Waals surface area contributed by atoms with Crippen LogP contribution < -0.4 is 0 Å². The molecular formula is C11H14N4O4S2. The highest BCUT2D eigenvalue weighted by Crippen LogP contribution is 2.36. The number of hydrogen-bond donors (Lipinski definition) is 0. The van der Waals surface area contributed by atoms with Gasteiger partial charge in [0.25, 0.3) is 0 Å². The van der Waals surface area contributed by atoms with E-state index in [4.69, 9.17) is 4.74 Å². The Kier molecular flexibility index (Phi) is 3.66. The van der Waals surface area contributed by atoms with Crippen molar-refractivity contribution in [1.82, 2.24) is 19.8 Å². The fraction of sp³-hybridized carbons (Fsp3) is 0.636. The van der Waals surface area contributed by atoms with Gasteiger partial charge in [0, 0.05) is 0 Å². The Morgan fingerprint density at radius 1 is 1.62 bits per heavy atom. The Bertz CT molecular complexity index is 738. The van der Waals surface area contributed by atoms with Crippen molar-refractivity contribution in [1.29, 1.82) is 0 Å². The molecule has 0 aliphatic carbocycles. The molecule has 10 heteroatoms. The lowest BCUT2D eigenvalue weighted by Crippen LogP contribution is -2.25. The third kappa shape index (κ3) is 2.77. The standard InChI is InChI=1S/C11H14N4O4S2/c1-2-19-10(16)8(7-3-4-21(17,18)5-7)9-14-15-6-12-13-11(15)20-9/h6-8H,2-5H2,1H3. The first-order valence-electron chi connectivity index (χ1n) is 6.54. The molecule has 2 atom stereocenters. The van der Waals surface area contributed by atoms with Crippen molar-refractivity contribution in [2.24, 2.45) is 5.92 Å². The van der Waals surface area contributed by atoms with E-state index in [1.54, 1.807) is 6.92 Å². The molecule has 0 saturated carbocycles. The molecule has 1 aliphatic rings. The molecule has 0 N–H and O–H groups in total. The SMILES string of the molecule is CCOC(=O)C(c1nn2cnnc2s1)C1CCS(=O)(=O)C1. The smallest absolute Gasteiger partial charge is 0.316 e. The van der Waals surface area contributed by atoms with Gasteiger partial charge in [-0.15, -0.1) is 10.2 Å². The van der Waals surface area contributed by atoms with Crippen LogP contribution in [0.4, 0.5) is 0 Å². The van der Waals surface area contributed by atoms with Gasteiger partial charge in [-0.25, -0.2) is 8.42 Å². The van der Waals surface area contributed by atoms with Crippen LogP contribution in [0.2, 0.25) is 0 Å². The molecule has 21 heavy (non-hydrogen) atoms. The first-order valence-corrected chi connectivity index (χ1v) is 9.18. The number of esters is 1. The summed E-state index contributed by atoms with van der Waals surface area (Å²) in [7, 11) is -3.08. The minimum Gasteiger partial charge on any atom is -0.465 e. The van der Waals surface area contributed by atoms with Gasteiger partial charge < -0.3 is 4.74 Å². The number of aromatic nitrogens is 4. The summed E-state index contributed by atoms with van der Waals surface area (Å²) >= 11 is 1.24. The lowest BCUT2D eigenvalue weighted by atomic mass is 9.92. The van der Waals surface area contributed by atoms with E-state index in [9.17, 15) is 13.2 Å². The molecule has 0 amide bonds. The Morgan fingerprint density at radius 2 is 2.43 bits per heavy atom. The zero-order valence-electron chi connectivity index (χ0n) is 11.3. The predicted molar refractivity (Wildman–Crippen MR) is 74.8 cm³/mol. The van der Waals surface area contributed by atoms with Crippen LogP contribution in [0.5, 0.6) is 0 Å². The van der Waals surface area contributed by atoms with Crippen molar-refractivity contribution < 1.29 is 17.9 Å². The highest BCUT2D eigenvalue weighted by molar-refractivity contribution is 7.91. The summed E-state index contributed by atoms with van der Waals surface area (Å²) in [4.78, 5) is 12.8. The molecule has 0 bridgehead atoms. The first kappa shape index (κ1) is 14.4. The molecule has 1 fully saturated rings. The molecule has 8 nitrogen and oxygen atoms in total. The second kappa shape index (κ2) is 5.34. The molecule has 0 radical (unpaired) electrons. The van der Waals surface area contributed by atoms with Crippen LogP contribution in [0.3, 0.4) is 0 Å². The lowest BCUT2D eigenvalue weighted by molar-refractivity contribution is -0.146. The molecule has 3 rings (SSSR count). The van der Waals surface area contributed by atoms with E-state index in [2.05, 4.69) is 15.3 Å². The van der Waals surface area contributed by atoms with E-state index < -0.39 is 21.7 Å². The average molecular weight is 330 g/mol. The number of ether oxygens (including phenoxy) is 1. The topological polar surface area (TPSA) is 104 Å². The van der Waals surface area contributed by atoms with E-state index in [1.165, 1.54) is 22.2 Å². The van der Waals surface area contributed by atoms with Gasteiger partial charge in [-0.2, -0.15) is 9.61 Å². The Hall–Kier alpha value is -1.55. The number of fused-ring (bicyclic) bond motifs is 1. The van der Waals surface area contributed by atoms with E-state index in [1.807, 2.05) is 0 Å². The van der Waals surface area contributed by atoms with Crippen molar-refractivity contribution >= 4 is 32.1 Å². The van der Waals surface area contributed by atoms with Gasteiger partial charge in [0.1, 0.15) is 17.3 Å². The van der Waals surface area contributed by atoms with Gasteiger partial charge in [-0.3, -0.25) is 4.79 Å². The summed E-state index contributed by atoms with van der Waals surface area (Å²) in [5.74, 6) is -1.27. The van der Waals surface area contributed by atoms with Crippen molar-refractivity contribution in [2.75, 3.05) is 18.1 Å². The van der Waals surface area contributed by atoms with Gasteiger partial charge in [0.2, 0.25) is 4.96 Å².